The van der Waals surface area contributed by atoms with Gasteiger partial charge in [0.2, 0.25) is 0 Å². The molecule has 0 radical (unpaired) electrons. The third-order valence-electron chi connectivity index (χ3n) is 2.76. The lowest BCUT2D eigenvalue weighted by molar-refractivity contribution is 0.351. The normalized spacial score (nSPS) is 26.6. The van der Waals surface area contributed by atoms with Gasteiger partial charge >= 0.3 is 0 Å². The van der Waals surface area contributed by atoms with Crippen LogP contribution in [0.15, 0.2) is 24.3 Å². The topological polar surface area (TPSA) is 35.2 Å². The van der Waals surface area contributed by atoms with E-state index in [1.165, 1.54) is 5.56 Å². The van der Waals surface area contributed by atoms with Crippen LogP contribution in [0.25, 0.3) is 0 Å². The van der Waals surface area contributed by atoms with E-state index >= 15 is 0 Å². The first-order valence-electron chi connectivity index (χ1n) is 4.69. The molecule has 0 bridgehead atoms. The monoisotopic (exact) mass is 177 g/mol. The van der Waals surface area contributed by atoms with E-state index in [0.29, 0.717) is 12.0 Å². The van der Waals surface area contributed by atoms with Gasteiger partial charge in [0.15, 0.2) is 0 Å². The summed E-state index contributed by atoms with van der Waals surface area (Å²) in [5.74, 6) is 1.60. The third kappa shape index (κ3) is 1.68. The molecule has 0 unspecified atom stereocenters. The molecule has 1 aromatic rings. The zero-order valence-corrected chi connectivity index (χ0v) is 7.86. The van der Waals surface area contributed by atoms with Crippen molar-refractivity contribution in [2.45, 2.75) is 24.8 Å². The molecule has 2 N–H and O–H groups in total. The number of benzene rings is 1. The van der Waals surface area contributed by atoms with Crippen LogP contribution in [0.2, 0.25) is 0 Å². The first-order valence-corrected chi connectivity index (χ1v) is 4.69. The Balaban J connectivity index is 2.06. The molecule has 0 atom stereocenters. The summed E-state index contributed by atoms with van der Waals surface area (Å²) in [6, 6.07) is 8.72. The fraction of sp³-hybridized carbons (Fsp3) is 0.455. The summed E-state index contributed by atoms with van der Waals surface area (Å²) in [6.07, 6.45) is 2.26. The Morgan fingerprint density at radius 2 is 1.85 bits per heavy atom. The Morgan fingerprint density at radius 1 is 1.23 bits per heavy atom. The third-order valence-corrected chi connectivity index (χ3v) is 2.76. The van der Waals surface area contributed by atoms with Gasteiger partial charge in [0, 0.05) is 6.04 Å². The summed E-state index contributed by atoms with van der Waals surface area (Å²) in [5.41, 5.74) is 7.13. The zero-order valence-electron chi connectivity index (χ0n) is 7.86. The average molecular weight is 177 g/mol. The van der Waals surface area contributed by atoms with Crippen molar-refractivity contribution in [3.63, 3.8) is 0 Å². The summed E-state index contributed by atoms with van der Waals surface area (Å²) >= 11 is 0. The fourth-order valence-electron chi connectivity index (χ4n) is 1.81. The SMILES string of the molecule is COc1ccc(C2CC(N)C2)cc1. The van der Waals surface area contributed by atoms with E-state index in [1.54, 1.807) is 7.11 Å². The quantitative estimate of drug-likeness (QED) is 0.748. The van der Waals surface area contributed by atoms with Crippen LogP contribution in [0.4, 0.5) is 0 Å². The first-order chi connectivity index (χ1) is 6.29. The van der Waals surface area contributed by atoms with Crippen LogP contribution < -0.4 is 10.5 Å². The molecule has 0 amide bonds. The van der Waals surface area contributed by atoms with Crippen LogP contribution in [0.3, 0.4) is 0 Å². The highest BCUT2D eigenvalue weighted by Crippen LogP contribution is 2.35. The van der Waals surface area contributed by atoms with Crippen molar-refractivity contribution in [2.24, 2.45) is 5.73 Å². The Labute approximate surface area is 78.7 Å². The molecule has 2 nitrogen and oxygen atoms in total. The Morgan fingerprint density at radius 3 is 2.31 bits per heavy atom. The second-order valence-electron chi connectivity index (χ2n) is 3.70. The highest BCUT2D eigenvalue weighted by Gasteiger charge is 2.26. The molecule has 0 aromatic heterocycles. The first kappa shape index (κ1) is 8.57. The average Bonchev–Trinajstić information content (AvgIpc) is 2.13. The van der Waals surface area contributed by atoms with E-state index in [4.69, 9.17) is 10.5 Å². The van der Waals surface area contributed by atoms with Crippen LogP contribution in [-0.4, -0.2) is 13.2 Å². The van der Waals surface area contributed by atoms with E-state index in [-0.39, 0.29) is 0 Å². The number of rotatable bonds is 2. The molecule has 0 heterocycles. The highest BCUT2D eigenvalue weighted by molar-refractivity contribution is 5.30. The molecule has 1 saturated carbocycles. The predicted molar refractivity (Wildman–Crippen MR) is 52.9 cm³/mol. The number of methoxy groups -OCH3 is 1. The number of hydrogen-bond donors (Lipinski definition) is 1. The minimum atomic E-state index is 0.423. The van der Waals surface area contributed by atoms with Crippen LogP contribution >= 0.6 is 0 Å². The molecule has 2 heteroatoms. The van der Waals surface area contributed by atoms with Crippen molar-refractivity contribution in [3.8, 4) is 5.75 Å². The van der Waals surface area contributed by atoms with Crippen molar-refractivity contribution in [1.82, 2.24) is 0 Å². The Bertz CT molecular complexity index is 275. The van der Waals surface area contributed by atoms with Gasteiger partial charge in [-0.15, -0.1) is 0 Å². The summed E-state index contributed by atoms with van der Waals surface area (Å²) in [5, 5.41) is 0. The minimum Gasteiger partial charge on any atom is -0.497 e. The lowest BCUT2D eigenvalue weighted by Crippen LogP contribution is -2.34. The van der Waals surface area contributed by atoms with Gasteiger partial charge < -0.3 is 10.5 Å². The van der Waals surface area contributed by atoms with Gasteiger partial charge in [0.1, 0.15) is 5.75 Å². The lowest BCUT2D eigenvalue weighted by atomic mass is 9.76. The smallest absolute Gasteiger partial charge is 0.118 e. The zero-order chi connectivity index (χ0) is 9.26. The van der Waals surface area contributed by atoms with E-state index < -0.39 is 0 Å². The maximum atomic E-state index is 5.74. The van der Waals surface area contributed by atoms with Crippen LogP contribution in [0, 0.1) is 0 Å². The molecule has 0 spiro atoms. The van der Waals surface area contributed by atoms with Crippen molar-refractivity contribution < 1.29 is 4.74 Å². The molecule has 0 aliphatic heterocycles. The van der Waals surface area contributed by atoms with Gasteiger partial charge in [0.05, 0.1) is 7.11 Å². The maximum absolute atomic E-state index is 5.74. The second kappa shape index (κ2) is 3.38. The largest absolute Gasteiger partial charge is 0.497 e. The maximum Gasteiger partial charge on any atom is 0.118 e. The molecule has 1 aromatic carbocycles. The van der Waals surface area contributed by atoms with E-state index in [0.717, 1.165) is 18.6 Å². The summed E-state index contributed by atoms with van der Waals surface area (Å²) in [6.45, 7) is 0. The summed E-state index contributed by atoms with van der Waals surface area (Å²) in [4.78, 5) is 0. The van der Waals surface area contributed by atoms with Crippen LogP contribution in [0.5, 0.6) is 5.75 Å². The van der Waals surface area contributed by atoms with Gasteiger partial charge in [-0.2, -0.15) is 0 Å². The number of nitrogens with two attached hydrogens (primary N) is 1. The summed E-state index contributed by atoms with van der Waals surface area (Å²) < 4.78 is 5.10. The van der Waals surface area contributed by atoms with Gasteiger partial charge in [-0.3, -0.25) is 0 Å². The fourth-order valence-corrected chi connectivity index (χ4v) is 1.81. The molecule has 1 fully saturated rings. The van der Waals surface area contributed by atoms with Gasteiger partial charge in [-0.05, 0) is 36.5 Å². The predicted octanol–water partition coefficient (Wildman–Crippen LogP) is 1.90. The van der Waals surface area contributed by atoms with Gasteiger partial charge in [-0.25, -0.2) is 0 Å². The summed E-state index contributed by atoms with van der Waals surface area (Å²) in [7, 11) is 1.69. The number of hydrogen-bond acceptors (Lipinski definition) is 2. The molecule has 13 heavy (non-hydrogen) atoms. The molecular formula is C11H15NO. The van der Waals surface area contributed by atoms with E-state index in [2.05, 4.69) is 12.1 Å². The van der Waals surface area contributed by atoms with Crippen molar-refractivity contribution >= 4 is 0 Å². The van der Waals surface area contributed by atoms with Crippen molar-refractivity contribution in [2.75, 3.05) is 7.11 Å². The van der Waals surface area contributed by atoms with Gasteiger partial charge in [-0.1, -0.05) is 12.1 Å². The highest BCUT2D eigenvalue weighted by atomic mass is 16.5. The molecule has 1 aliphatic carbocycles. The molecule has 2 rings (SSSR count). The lowest BCUT2D eigenvalue weighted by Gasteiger charge is -2.32. The Hall–Kier alpha value is -1.02. The molecule has 1 aliphatic rings. The van der Waals surface area contributed by atoms with Crippen LogP contribution in [0.1, 0.15) is 24.3 Å². The number of ether oxygens (including phenoxy) is 1. The van der Waals surface area contributed by atoms with Crippen molar-refractivity contribution in [3.05, 3.63) is 29.8 Å². The molecule has 0 saturated heterocycles. The van der Waals surface area contributed by atoms with Crippen LogP contribution in [-0.2, 0) is 0 Å². The molecule has 70 valence electrons. The molecular weight excluding hydrogens is 162 g/mol. The second-order valence-corrected chi connectivity index (χ2v) is 3.70. The van der Waals surface area contributed by atoms with Crippen molar-refractivity contribution in [1.29, 1.82) is 0 Å². The van der Waals surface area contributed by atoms with E-state index in [9.17, 15) is 0 Å². The van der Waals surface area contributed by atoms with E-state index in [1.807, 2.05) is 12.1 Å². The standard InChI is InChI=1S/C11H15NO/c1-13-11-4-2-8(3-5-11)9-6-10(12)7-9/h2-5,9-10H,6-7,12H2,1H3. The van der Waals surface area contributed by atoms with Gasteiger partial charge in [0.25, 0.3) is 0 Å². The Kier molecular flexibility index (Phi) is 2.23. The minimum absolute atomic E-state index is 0.423.